The van der Waals surface area contributed by atoms with E-state index in [2.05, 4.69) is 10.0 Å². The second-order valence-corrected chi connectivity index (χ2v) is 9.30. The molecule has 0 unspecified atom stereocenters. The van der Waals surface area contributed by atoms with Gasteiger partial charge in [-0.05, 0) is 74.7 Å². The number of anilines is 1. The first kappa shape index (κ1) is 22.5. The number of rotatable bonds is 6. The highest BCUT2D eigenvalue weighted by Crippen LogP contribution is 2.24. The molecule has 2 N–H and O–H groups in total. The molecular weight excluding hydrogens is 415 g/mol. The summed E-state index contributed by atoms with van der Waals surface area (Å²) in [6, 6.07) is 15.5. The Morgan fingerprint density at radius 1 is 0.903 bits per heavy atom. The van der Waals surface area contributed by atoms with Crippen molar-refractivity contribution in [3.8, 4) is 0 Å². The lowest BCUT2D eigenvalue weighted by Gasteiger charge is -2.16. The average molecular weight is 441 g/mol. The van der Waals surface area contributed by atoms with Crippen molar-refractivity contribution >= 4 is 21.6 Å². The van der Waals surface area contributed by atoms with E-state index in [0.717, 1.165) is 16.7 Å². The normalized spacial score (nSPS) is 12.3. The lowest BCUT2D eigenvalue weighted by molar-refractivity contribution is 0.0939. The van der Waals surface area contributed by atoms with Crippen molar-refractivity contribution in [2.75, 3.05) is 4.72 Å². The van der Waals surface area contributed by atoms with Gasteiger partial charge in [0.2, 0.25) is 0 Å². The molecule has 0 aromatic heterocycles. The van der Waals surface area contributed by atoms with E-state index in [1.807, 2.05) is 26.0 Å². The summed E-state index contributed by atoms with van der Waals surface area (Å²) < 4.78 is 41.8. The number of hydrogen-bond donors (Lipinski definition) is 2. The van der Waals surface area contributed by atoms with Crippen molar-refractivity contribution in [3.05, 3.63) is 94.3 Å². The highest BCUT2D eigenvalue weighted by molar-refractivity contribution is 7.92. The summed E-state index contributed by atoms with van der Waals surface area (Å²) in [6.45, 7) is 7.22. The quantitative estimate of drug-likeness (QED) is 0.564. The smallest absolute Gasteiger partial charge is 0.262 e. The maximum absolute atomic E-state index is 13.1. The van der Waals surface area contributed by atoms with Crippen molar-refractivity contribution < 1.29 is 17.6 Å². The van der Waals surface area contributed by atoms with Crippen LogP contribution in [0.2, 0.25) is 0 Å². The first-order valence-electron chi connectivity index (χ1n) is 9.84. The molecule has 0 heterocycles. The van der Waals surface area contributed by atoms with Crippen LogP contribution in [0.1, 0.15) is 45.6 Å². The first-order valence-corrected chi connectivity index (χ1v) is 11.3. The second-order valence-electron chi connectivity index (χ2n) is 7.65. The van der Waals surface area contributed by atoms with Gasteiger partial charge < -0.3 is 5.32 Å². The third-order valence-corrected chi connectivity index (χ3v) is 6.59. The summed E-state index contributed by atoms with van der Waals surface area (Å²) in [4.78, 5) is 12.8. The molecule has 0 saturated carbocycles. The summed E-state index contributed by atoms with van der Waals surface area (Å²) in [5, 5.41) is 2.82. The summed E-state index contributed by atoms with van der Waals surface area (Å²) in [6.07, 6.45) is 0. The SMILES string of the molecule is Cc1ccc(NS(=O)(=O)c2cc(C(=O)N[C@H](C)c3ccc(F)cc3)ccc2C)c(C)c1. The summed E-state index contributed by atoms with van der Waals surface area (Å²) >= 11 is 0. The van der Waals surface area contributed by atoms with Crippen molar-refractivity contribution in [1.82, 2.24) is 5.32 Å². The molecule has 3 rings (SSSR count). The highest BCUT2D eigenvalue weighted by atomic mass is 32.2. The minimum absolute atomic E-state index is 0.0366. The molecule has 7 heteroatoms. The van der Waals surface area contributed by atoms with E-state index in [9.17, 15) is 17.6 Å². The van der Waals surface area contributed by atoms with Crippen molar-refractivity contribution in [2.45, 2.75) is 38.6 Å². The Hall–Kier alpha value is -3.19. The van der Waals surface area contributed by atoms with E-state index in [0.29, 0.717) is 11.3 Å². The molecule has 162 valence electrons. The van der Waals surface area contributed by atoms with Crippen LogP contribution in [0.4, 0.5) is 10.1 Å². The van der Waals surface area contributed by atoms with Crippen molar-refractivity contribution in [1.29, 1.82) is 0 Å². The van der Waals surface area contributed by atoms with Gasteiger partial charge in [0.25, 0.3) is 15.9 Å². The van der Waals surface area contributed by atoms with E-state index in [4.69, 9.17) is 0 Å². The summed E-state index contributed by atoms with van der Waals surface area (Å²) in [7, 11) is -3.89. The van der Waals surface area contributed by atoms with Crippen LogP contribution in [0, 0.1) is 26.6 Å². The number of sulfonamides is 1. The van der Waals surface area contributed by atoms with E-state index >= 15 is 0 Å². The molecule has 0 aliphatic heterocycles. The molecule has 0 aliphatic carbocycles. The fraction of sp³-hybridized carbons (Fsp3) is 0.208. The van der Waals surface area contributed by atoms with E-state index in [1.165, 1.54) is 18.2 Å². The van der Waals surface area contributed by atoms with Crippen LogP contribution in [0.25, 0.3) is 0 Å². The fourth-order valence-corrected chi connectivity index (χ4v) is 4.68. The lowest BCUT2D eigenvalue weighted by atomic mass is 10.1. The number of halogens is 1. The molecule has 0 radical (unpaired) electrons. The third-order valence-electron chi connectivity index (χ3n) is 5.08. The van der Waals surface area contributed by atoms with Gasteiger partial charge in [0.15, 0.2) is 0 Å². The monoisotopic (exact) mass is 440 g/mol. The number of aryl methyl sites for hydroxylation is 3. The van der Waals surface area contributed by atoms with Gasteiger partial charge in [0, 0.05) is 5.56 Å². The lowest BCUT2D eigenvalue weighted by Crippen LogP contribution is -2.27. The maximum Gasteiger partial charge on any atom is 0.262 e. The zero-order chi connectivity index (χ0) is 22.8. The molecule has 3 aromatic rings. The Bertz CT molecular complexity index is 1220. The van der Waals surface area contributed by atoms with Crippen LogP contribution in [0.3, 0.4) is 0 Å². The molecule has 3 aromatic carbocycles. The summed E-state index contributed by atoms with van der Waals surface area (Å²) in [5.41, 5.74) is 3.82. The molecule has 1 atom stereocenters. The van der Waals surface area contributed by atoms with Gasteiger partial charge in [-0.15, -0.1) is 0 Å². The van der Waals surface area contributed by atoms with Gasteiger partial charge in [0.05, 0.1) is 16.6 Å². The van der Waals surface area contributed by atoms with Crippen LogP contribution in [-0.2, 0) is 10.0 Å². The van der Waals surface area contributed by atoms with Crippen molar-refractivity contribution in [3.63, 3.8) is 0 Å². The number of benzene rings is 3. The molecule has 0 bridgehead atoms. The van der Waals surface area contributed by atoms with Crippen LogP contribution in [0.5, 0.6) is 0 Å². The Morgan fingerprint density at radius 2 is 1.58 bits per heavy atom. The molecule has 5 nitrogen and oxygen atoms in total. The largest absolute Gasteiger partial charge is 0.346 e. The van der Waals surface area contributed by atoms with Gasteiger partial charge in [0.1, 0.15) is 5.82 Å². The van der Waals surface area contributed by atoms with Crippen LogP contribution in [0.15, 0.2) is 65.6 Å². The Morgan fingerprint density at radius 3 is 2.23 bits per heavy atom. The van der Waals surface area contributed by atoms with Crippen LogP contribution in [-0.4, -0.2) is 14.3 Å². The zero-order valence-electron chi connectivity index (χ0n) is 17.9. The predicted molar refractivity (Wildman–Crippen MR) is 120 cm³/mol. The molecule has 31 heavy (non-hydrogen) atoms. The number of carbonyl (C=O) groups is 1. The standard InChI is InChI=1S/C24H25FN2O3S/c1-15-5-12-22(17(3)13-15)27-31(29,30)23-14-20(7-6-16(23)2)24(28)26-18(4)19-8-10-21(25)11-9-19/h5-14,18,27H,1-4H3,(H,26,28)/t18-/m1/s1. The van der Waals surface area contributed by atoms with Gasteiger partial charge in [-0.2, -0.15) is 0 Å². The third kappa shape index (κ3) is 5.30. The molecule has 0 fully saturated rings. The highest BCUT2D eigenvalue weighted by Gasteiger charge is 2.21. The Labute approximate surface area is 182 Å². The minimum atomic E-state index is -3.89. The number of carbonyl (C=O) groups excluding carboxylic acids is 1. The fourth-order valence-electron chi connectivity index (χ4n) is 3.27. The average Bonchev–Trinajstić information content (AvgIpc) is 2.70. The van der Waals surface area contributed by atoms with Gasteiger partial charge >= 0.3 is 0 Å². The molecule has 1 amide bonds. The molecule has 0 spiro atoms. The topological polar surface area (TPSA) is 75.3 Å². The van der Waals surface area contributed by atoms with E-state index in [1.54, 1.807) is 44.2 Å². The Kier molecular flexibility index (Phi) is 6.45. The van der Waals surface area contributed by atoms with Crippen LogP contribution >= 0.6 is 0 Å². The molecule has 0 aliphatic rings. The van der Waals surface area contributed by atoms with Gasteiger partial charge in [-0.1, -0.05) is 35.9 Å². The number of hydrogen-bond acceptors (Lipinski definition) is 3. The minimum Gasteiger partial charge on any atom is -0.346 e. The maximum atomic E-state index is 13.1. The van der Waals surface area contributed by atoms with E-state index in [-0.39, 0.29) is 22.3 Å². The molecule has 0 saturated heterocycles. The number of nitrogens with one attached hydrogen (secondary N) is 2. The van der Waals surface area contributed by atoms with E-state index < -0.39 is 15.9 Å². The zero-order valence-corrected chi connectivity index (χ0v) is 18.7. The van der Waals surface area contributed by atoms with Gasteiger partial charge in [-0.3, -0.25) is 9.52 Å². The number of amides is 1. The van der Waals surface area contributed by atoms with Gasteiger partial charge in [-0.25, -0.2) is 12.8 Å². The second kappa shape index (κ2) is 8.89. The molecular formula is C24H25FN2O3S. The van der Waals surface area contributed by atoms with Crippen molar-refractivity contribution in [2.24, 2.45) is 0 Å². The van der Waals surface area contributed by atoms with Crippen LogP contribution < -0.4 is 10.0 Å². The summed E-state index contributed by atoms with van der Waals surface area (Å²) in [5.74, 6) is -0.772. The predicted octanol–water partition coefficient (Wildman–Crippen LogP) is 5.04. The first-order chi connectivity index (χ1) is 14.6. The Balaban J connectivity index is 1.84.